The average molecular weight is 240 g/mol. The Morgan fingerprint density at radius 2 is 2.25 bits per heavy atom. The van der Waals surface area contributed by atoms with Gasteiger partial charge in [-0.2, -0.15) is 0 Å². The van der Waals surface area contributed by atoms with Gasteiger partial charge in [-0.15, -0.1) is 0 Å². The zero-order valence-corrected chi connectivity index (χ0v) is 10.3. The van der Waals surface area contributed by atoms with Gasteiger partial charge in [-0.05, 0) is 36.5 Å². The molecule has 1 saturated carbocycles. The lowest BCUT2D eigenvalue weighted by Gasteiger charge is -2.18. The zero-order chi connectivity index (χ0) is 11.6. The molecular formula is C13H18ClNO. The number of rotatable bonds is 5. The molecular weight excluding hydrogens is 222 g/mol. The molecule has 2 rings (SSSR count). The van der Waals surface area contributed by atoms with E-state index in [0.29, 0.717) is 5.92 Å². The van der Waals surface area contributed by atoms with Gasteiger partial charge in [0.25, 0.3) is 0 Å². The summed E-state index contributed by atoms with van der Waals surface area (Å²) in [6.45, 7) is 3.31. The first-order valence-electron chi connectivity index (χ1n) is 5.77. The third kappa shape index (κ3) is 2.76. The van der Waals surface area contributed by atoms with Crippen molar-refractivity contribution < 1.29 is 5.11 Å². The number of nitrogens with one attached hydrogen (secondary N) is 1. The molecule has 0 unspecified atom stereocenters. The second kappa shape index (κ2) is 4.74. The molecule has 16 heavy (non-hydrogen) atoms. The summed E-state index contributed by atoms with van der Waals surface area (Å²) >= 11 is 5.96. The maximum atomic E-state index is 9.20. The molecule has 0 radical (unpaired) electrons. The zero-order valence-electron chi connectivity index (χ0n) is 9.54. The lowest BCUT2D eigenvalue weighted by atomic mass is 10.0. The molecule has 1 aromatic carbocycles. The minimum atomic E-state index is 0.0207. The molecule has 1 aromatic rings. The largest absolute Gasteiger partial charge is 0.394 e. The molecule has 0 aliphatic heterocycles. The molecule has 2 nitrogen and oxygen atoms in total. The first kappa shape index (κ1) is 11.9. The quantitative estimate of drug-likeness (QED) is 0.828. The van der Waals surface area contributed by atoms with Crippen molar-refractivity contribution in [3.05, 3.63) is 34.9 Å². The lowest BCUT2D eigenvalue weighted by molar-refractivity contribution is 0.229. The topological polar surface area (TPSA) is 32.3 Å². The van der Waals surface area contributed by atoms with Gasteiger partial charge in [0.15, 0.2) is 0 Å². The SMILES string of the molecule is C[C@@H](CNC1(CO)CC1)c1cccc(Cl)c1. The fourth-order valence-electron chi connectivity index (χ4n) is 1.84. The molecule has 2 N–H and O–H groups in total. The molecule has 0 saturated heterocycles. The Bertz CT molecular complexity index is 363. The molecule has 0 amide bonds. The van der Waals surface area contributed by atoms with Crippen LogP contribution in [0.1, 0.15) is 31.2 Å². The Morgan fingerprint density at radius 1 is 1.50 bits per heavy atom. The van der Waals surface area contributed by atoms with E-state index in [2.05, 4.69) is 18.3 Å². The molecule has 0 spiro atoms. The van der Waals surface area contributed by atoms with Crippen LogP contribution in [0.25, 0.3) is 0 Å². The summed E-state index contributed by atoms with van der Waals surface area (Å²) in [5.74, 6) is 0.419. The van der Waals surface area contributed by atoms with Crippen molar-refractivity contribution in [2.24, 2.45) is 0 Å². The van der Waals surface area contributed by atoms with Crippen molar-refractivity contribution in [2.75, 3.05) is 13.2 Å². The first-order valence-corrected chi connectivity index (χ1v) is 6.14. The average Bonchev–Trinajstić information content (AvgIpc) is 3.07. The minimum absolute atomic E-state index is 0.0207. The van der Waals surface area contributed by atoms with Gasteiger partial charge in [0.2, 0.25) is 0 Å². The highest BCUT2D eigenvalue weighted by Crippen LogP contribution is 2.35. The molecule has 0 heterocycles. The van der Waals surface area contributed by atoms with Gasteiger partial charge in [0.05, 0.1) is 6.61 Å². The van der Waals surface area contributed by atoms with Gasteiger partial charge >= 0.3 is 0 Å². The van der Waals surface area contributed by atoms with Crippen molar-refractivity contribution >= 4 is 11.6 Å². The Balaban J connectivity index is 1.90. The normalized spacial score (nSPS) is 19.4. The Hall–Kier alpha value is -0.570. The van der Waals surface area contributed by atoms with Crippen LogP contribution in [0.3, 0.4) is 0 Å². The van der Waals surface area contributed by atoms with Gasteiger partial charge < -0.3 is 10.4 Å². The number of aliphatic hydroxyl groups is 1. The highest BCUT2D eigenvalue weighted by atomic mass is 35.5. The molecule has 0 bridgehead atoms. The third-order valence-corrected chi connectivity index (χ3v) is 3.59. The summed E-state index contributed by atoms with van der Waals surface area (Å²) in [6.07, 6.45) is 2.18. The predicted octanol–water partition coefficient (Wildman–Crippen LogP) is 2.56. The monoisotopic (exact) mass is 239 g/mol. The van der Waals surface area contributed by atoms with Crippen LogP contribution in [0.4, 0.5) is 0 Å². The van der Waals surface area contributed by atoms with Gasteiger partial charge in [0, 0.05) is 17.1 Å². The molecule has 1 fully saturated rings. The van der Waals surface area contributed by atoms with Crippen molar-refractivity contribution in [2.45, 2.75) is 31.2 Å². The Kier molecular flexibility index (Phi) is 3.53. The van der Waals surface area contributed by atoms with Crippen LogP contribution in [0.15, 0.2) is 24.3 Å². The van der Waals surface area contributed by atoms with Crippen LogP contribution in [0, 0.1) is 0 Å². The summed E-state index contributed by atoms with van der Waals surface area (Å²) in [7, 11) is 0. The van der Waals surface area contributed by atoms with E-state index in [-0.39, 0.29) is 12.1 Å². The minimum Gasteiger partial charge on any atom is -0.394 e. The van der Waals surface area contributed by atoms with Crippen LogP contribution in [0.5, 0.6) is 0 Å². The fourth-order valence-corrected chi connectivity index (χ4v) is 2.04. The van der Waals surface area contributed by atoms with E-state index >= 15 is 0 Å². The molecule has 88 valence electrons. The smallest absolute Gasteiger partial charge is 0.0613 e. The lowest BCUT2D eigenvalue weighted by Crippen LogP contribution is -2.37. The first-order chi connectivity index (χ1) is 7.65. The van der Waals surface area contributed by atoms with Gasteiger partial charge in [-0.1, -0.05) is 30.7 Å². The third-order valence-electron chi connectivity index (χ3n) is 3.36. The second-order valence-electron chi connectivity index (χ2n) is 4.78. The number of hydrogen-bond donors (Lipinski definition) is 2. The number of aliphatic hydroxyl groups excluding tert-OH is 1. The van der Waals surface area contributed by atoms with Crippen LogP contribution in [-0.4, -0.2) is 23.8 Å². The van der Waals surface area contributed by atoms with Crippen LogP contribution in [-0.2, 0) is 0 Å². The van der Waals surface area contributed by atoms with Crippen molar-refractivity contribution in [1.82, 2.24) is 5.32 Å². The number of benzene rings is 1. The van der Waals surface area contributed by atoms with Crippen molar-refractivity contribution in [1.29, 1.82) is 0 Å². The summed E-state index contributed by atoms with van der Waals surface area (Å²) in [5.41, 5.74) is 1.26. The summed E-state index contributed by atoms with van der Waals surface area (Å²) in [5, 5.41) is 13.4. The number of hydrogen-bond acceptors (Lipinski definition) is 2. The fraction of sp³-hybridized carbons (Fsp3) is 0.538. The molecule has 1 atom stereocenters. The highest BCUT2D eigenvalue weighted by Gasteiger charge is 2.41. The summed E-state index contributed by atoms with van der Waals surface area (Å²) in [6, 6.07) is 7.97. The maximum Gasteiger partial charge on any atom is 0.0613 e. The van der Waals surface area contributed by atoms with E-state index in [1.165, 1.54) is 5.56 Å². The van der Waals surface area contributed by atoms with E-state index in [1.54, 1.807) is 0 Å². The molecule has 3 heteroatoms. The van der Waals surface area contributed by atoms with E-state index in [1.807, 2.05) is 18.2 Å². The van der Waals surface area contributed by atoms with Gasteiger partial charge in [-0.3, -0.25) is 0 Å². The molecule has 0 aromatic heterocycles. The van der Waals surface area contributed by atoms with E-state index in [0.717, 1.165) is 24.4 Å². The summed E-state index contributed by atoms with van der Waals surface area (Å²) < 4.78 is 0. The van der Waals surface area contributed by atoms with Gasteiger partial charge in [0.1, 0.15) is 0 Å². The molecule has 1 aliphatic carbocycles. The second-order valence-corrected chi connectivity index (χ2v) is 5.21. The van der Waals surface area contributed by atoms with Crippen LogP contribution < -0.4 is 5.32 Å². The Morgan fingerprint density at radius 3 is 2.81 bits per heavy atom. The number of halogens is 1. The standard InChI is InChI=1S/C13H18ClNO/c1-10(8-15-13(9-16)5-6-13)11-3-2-4-12(14)7-11/h2-4,7,10,15-16H,5-6,8-9H2,1H3/t10-/m0/s1. The van der Waals surface area contributed by atoms with Gasteiger partial charge in [-0.25, -0.2) is 0 Å². The van der Waals surface area contributed by atoms with E-state index in [4.69, 9.17) is 11.6 Å². The van der Waals surface area contributed by atoms with E-state index in [9.17, 15) is 5.11 Å². The van der Waals surface area contributed by atoms with E-state index < -0.39 is 0 Å². The van der Waals surface area contributed by atoms with Crippen molar-refractivity contribution in [3.8, 4) is 0 Å². The van der Waals surface area contributed by atoms with Crippen LogP contribution >= 0.6 is 11.6 Å². The maximum absolute atomic E-state index is 9.20. The Labute approximate surface area is 102 Å². The van der Waals surface area contributed by atoms with Crippen molar-refractivity contribution in [3.63, 3.8) is 0 Å². The highest BCUT2D eigenvalue weighted by molar-refractivity contribution is 6.30. The van der Waals surface area contributed by atoms with Crippen LogP contribution in [0.2, 0.25) is 5.02 Å². The molecule has 1 aliphatic rings. The summed E-state index contributed by atoms with van der Waals surface area (Å²) in [4.78, 5) is 0. The predicted molar refractivity (Wildman–Crippen MR) is 66.9 cm³/mol.